The van der Waals surface area contributed by atoms with Gasteiger partial charge in [0.15, 0.2) is 4.32 Å². The summed E-state index contributed by atoms with van der Waals surface area (Å²) in [5, 5.41) is 1.97. The molecule has 1 aromatic rings. The van der Waals surface area contributed by atoms with E-state index in [-0.39, 0.29) is 33.8 Å². The molecule has 0 aromatic heterocycles. The number of fused-ring (bicyclic) bond motifs is 5. The van der Waals surface area contributed by atoms with Crippen LogP contribution in [-0.4, -0.2) is 32.1 Å². The van der Waals surface area contributed by atoms with Crippen molar-refractivity contribution in [2.75, 3.05) is 0 Å². The van der Waals surface area contributed by atoms with Crippen molar-refractivity contribution >= 4 is 52.1 Å². The number of thiocarbonyl (C=S) groups is 1. The van der Waals surface area contributed by atoms with Crippen LogP contribution in [0.5, 0.6) is 0 Å². The van der Waals surface area contributed by atoms with Crippen molar-refractivity contribution in [3.63, 3.8) is 0 Å². The Labute approximate surface area is 163 Å². The van der Waals surface area contributed by atoms with E-state index in [1.54, 1.807) is 18.2 Å². The lowest BCUT2D eigenvalue weighted by Gasteiger charge is -2.25. The third-order valence-electron chi connectivity index (χ3n) is 5.59. The first-order chi connectivity index (χ1) is 13.0. The summed E-state index contributed by atoms with van der Waals surface area (Å²) in [4.78, 5) is 39.0. The maximum Gasteiger partial charge on any atom is 0.285 e. The molecule has 136 valence electrons. The van der Waals surface area contributed by atoms with Gasteiger partial charge in [-0.05, 0) is 54.2 Å². The smallest absolute Gasteiger partial charge is 0.272 e. The van der Waals surface area contributed by atoms with Crippen LogP contribution < -0.4 is 0 Å². The van der Waals surface area contributed by atoms with Crippen LogP contribution in [0, 0.1) is 29.5 Å². The molecule has 4 aliphatic rings. The number of benzene rings is 1. The van der Waals surface area contributed by atoms with Gasteiger partial charge in [-0.3, -0.25) is 14.4 Å². The number of carbonyl (C=O) groups excluding carboxylic acids is 3. The average Bonchev–Trinajstić information content (AvgIpc) is 3.37. The third-order valence-corrected chi connectivity index (χ3v) is 6.87. The second-order valence-corrected chi connectivity index (χ2v) is 8.71. The minimum absolute atomic E-state index is 0.0645. The first kappa shape index (κ1) is 16.8. The summed E-state index contributed by atoms with van der Waals surface area (Å²) in [6.45, 7) is 0. The maximum atomic E-state index is 13.1. The highest BCUT2D eigenvalue weighted by atomic mass is 32.2. The maximum absolute atomic E-state index is 13.1. The fourth-order valence-corrected chi connectivity index (χ4v) is 5.67. The molecule has 2 bridgehead atoms. The van der Waals surface area contributed by atoms with E-state index >= 15 is 0 Å². The Morgan fingerprint density at radius 1 is 1.00 bits per heavy atom. The molecule has 2 saturated heterocycles. The Hall–Kier alpha value is -2.32. The number of imide groups is 1. The predicted molar refractivity (Wildman–Crippen MR) is 101 cm³/mol. The minimum atomic E-state index is -0.503. The standard InChI is InChI=1S/C19H13FN2O3S2/c20-12-5-1-9(2-6-12)7-13-16(23)22(19(26)27-13)21-17(24)14-10-3-4-11(8-10)15(14)18(21)25/h1-7,10-11,14-15H,8H2/b13-7+/t10-,11+,14-,15-/m0/s1. The SMILES string of the molecule is O=C1/C(=C\c2ccc(F)cc2)SC(=S)N1N1C(=O)[C@@H]2[C@@H](C1=O)[C@H]1C=C[C@@H]2C1. The topological polar surface area (TPSA) is 57.7 Å². The van der Waals surface area contributed by atoms with Gasteiger partial charge in [0.1, 0.15) is 5.82 Å². The molecule has 3 fully saturated rings. The van der Waals surface area contributed by atoms with Gasteiger partial charge in [0.25, 0.3) is 17.7 Å². The number of carbonyl (C=O) groups is 3. The Bertz CT molecular complexity index is 942. The lowest BCUT2D eigenvalue weighted by Crippen LogP contribution is -2.49. The number of thioether (sulfide) groups is 1. The van der Waals surface area contributed by atoms with E-state index in [1.807, 2.05) is 12.2 Å². The van der Waals surface area contributed by atoms with E-state index < -0.39 is 17.7 Å². The number of hydrazine groups is 1. The molecule has 2 heterocycles. The molecule has 0 unspecified atom stereocenters. The molecule has 1 saturated carbocycles. The van der Waals surface area contributed by atoms with Crippen LogP contribution in [0.3, 0.4) is 0 Å². The molecule has 5 rings (SSSR count). The Kier molecular flexibility index (Phi) is 3.64. The van der Waals surface area contributed by atoms with Crippen LogP contribution in [0.4, 0.5) is 4.39 Å². The number of hydrogen-bond donors (Lipinski definition) is 0. The zero-order chi connectivity index (χ0) is 18.9. The van der Waals surface area contributed by atoms with Crippen molar-refractivity contribution in [1.82, 2.24) is 10.0 Å². The molecule has 0 radical (unpaired) electrons. The molecular formula is C19H13FN2O3S2. The van der Waals surface area contributed by atoms with Crippen LogP contribution >= 0.6 is 24.0 Å². The summed E-state index contributed by atoms with van der Waals surface area (Å²) >= 11 is 6.32. The Balaban J connectivity index is 1.45. The lowest BCUT2D eigenvalue weighted by molar-refractivity contribution is -0.159. The van der Waals surface area contributed by atoms with E-state index in [4.69, 9.17) is 12.2 Å². The summed E-state index contributed by atoms with van der Waals surface area (Å²) < 4.78 is 13.2. The van der Waals surface area contributed by atoms with Crippen molar-refractivity contribution in [1.29, 1.82) is 0 Å². The Morgan fingerprint density at radius 3 is 2.19 bits per heavy atom. The Morgan fingerprint density at radius 2 is 1.59 bits per heavy atom. The molecule has 0 N–H and O–H groups in total. The van der Waals surface area contributed by atoms with Gasteiger partial charge in [0, 0.05) is 0 Å². The average molecular weight is 400 g/mol. The fraction of sp³-hybridized carbons (Fsp3) is 0.263. The summed E-state index contributed by atoms with van der Waals surface area (Å²) in [6.07, 6.45) is 6.40. The summed E-state index contributed by atoms with van der Waals surface area (Å²) in [7, 11) is 0. The molecule has 27 heavy (non-hydrogen) atoms. The van der Waals surface area contributed by atoms with Crippen molar-refractivity contribution < 1.29 is 18.8 Å². The molecule has 0 spiro atoms. The molecule has 2 aliphatic carbocycles. The van der Waals surface area contributed by atoms with Crippen LogP contribution in [0.25, 0.3) is 6.08 Å². The van der Waals surface area contributed by atoms with Gasteiger partial charge >= 0.3 is 0 Å². The first-order valence-electron chi connectivity index (χ1n) is 8.55. The van der Waals surface area contributed by atoms with Crippen LogP contribution in [-0.2, 0) is 14.4 Å². The molecule has 2 aliphatic heterocycles. The van der Waals surface area contributed by atoms with Crippen LogP contribution in [0.15, 0.2) is 41.3 Å². The van der Waals surface area contributed by atoms with E-state index in [0.717, 1.165) is 28.2 Å². The second kappa shape index (κ2) is 5.84. The lowest BCUT2D eigenvalue weighted by atomic mass is 9.85. The normalized spacial score (nSPS) is 33.1. The summed E-state index contributed by atoms with van der Waals surface area (Å²) in [5.74, 6) is -2.22. The van der Waals surface area contributed by atoms with Crippen molar-refractivity contribution in [3.8, 4) is 0 Å². The van der Waals surface area contributed by atoms with E-state index in [2.05, 4.69) is 0 Å². The quantitative estimate of drug-likeness (QED) is 0.331. The van der Waals surface area contributed by atoms with Crippen molar-refractivity contribution in [2.45, 2.75) is 6.42 Å². The number of halogens is 1. The monoisotopic (exact) mass is 400 g/mol. The zero-order valence-electron chi connectivity index (χ0n) is 13.9. The minimum Gasteiger partial charge on any atom is -0.272 e. The van der Waals surface area contributed by atoms with E-state index in [1.165, 1.54) is 12.1 Å². The molecular weight excluding hydrogens is 387 g/mol. The van der Waals surface area contributed by atoms with E-state index in [9.17, 15) is 18.8 Å². The third kappa shape index (κ3) is 2.36. The van der Waals surface area contributed by atoms with Gasteiger partial charge in [-0.15, -0.1) is 0 Å². The number of amides is 3. The van der Waals surface area contributed by atoms with E-state index in [0.29, 0.717) is 10.5 Å². The number of hydrogen-bond acceptors (Lipinski definition) is 5. The summed E-state index contributed by atoms with van der Waals surface area (Å²) in [5.41, 5.74) is 0.634. The first-order valence-corrected chi connectivity index (χ1v) is 9.78. The predicted octanol–water partition coefficient (Wildman–Crippen LogP) is 2.75. The second-order valence-electron chi connectivity index (χ2n) is 7.03. The summed E-state index contributed by atoms with van der Waals surface area (Å²) in [6, 6.07) is 5.68. The molecule has 5 nitrogen and oxygen atoms in total. The van der Waals surface area contributed by atoms with Gasteiger partial charge in [-0.1, -0.05) is 36.0 Å². The van der Waals surface area contributed by atoms with Gasteiger partial charge < -0.3 is 0 Å². The number of allylic oxidation sites excluding steroid dienone is 2. The van der Waals surface area contributed by atoms with Crippen molar-refractivity contribution in [2.24, 2.45) is 23.7 Å². The molecule has 8 heteroatoms. The molecule has 3 amide bonds. The van der Waals surface area contributed by atoms with Crippen LogP contribution in [0.1, 0.15) is 12.0 Å². The molecule has 1 aromatic carbocycles. The van der Waals surface area contributed by atoms with Gasteiger partial charge in [0.05, 0.1) is 16.7 Å². The van der Waals surface area contributed by atoms with Gasteiger partial charge in [-0.2, -0.15) is 10.0 Å². The number of nitrogens with zero attached hydrogens (tertiary/aromatic N) is 2. The van der Waals surface area contributed by atoms with Crippen LogP contribution in [0.2, 0.25) is 0 Å². The fourth-order valence-electron chi connectivity index (χ4n) is 4.43. The zero-order valence-corrected chi connectivity index (χ0v) is 15.5. The highest BCUT2D eigenvalue weighted by Gasteiger charge is 2.62. The highest BCUT2D eigenvalue weighted by Crippen LogP contribution is 2.53. The molecule has 4 atom stereocenters. The number of rotatable bonds is 2. The van der Waals surface area contributed by atoms with Gasteiger partial charge in [0.2, 0.25) is 0 Å². The highest BCUT2D eigenvalue weighted by molar-refractivity contribution is 8.26. The largest absolute Gasteiger partial charge is 0.285 e. The van der Waals surface area contributed by atoms with Gasteiger partial charge in [-0.25, -0.2) is 4.39 Å². The van der Waals surface area contributed by atoms with Crippen molar-refractivity contribution in [3.05, 3.63) is 52.7 Å².